The third-order valence-electron chi connectivity index (χ3n) is 8.77. The molecule has 4 aromatic rings. The average molecular weight is 614 g/mol. The molecule has 44 heavy (non-hydrogen) atoms. The molecule has 1 fully saturated rings. The maximum atomic E-state index is 16.2. The summed E-state index contributed by atoms with van der Waals surface area (Å²) in [6.45, 7) is 5.65. The van der Waals surface area contributed by atoms with Crippen molar-refractivity contribution in [3.8, 4) is 0 Å². The predicted molar refractivity (Wildman–Crippen MR) is 168 cm³/mol. The Balaban J connectivity index is 1.40. The van der Waals surface area contributed by atoms with Gasteiger partial charge in [-0.05, 0) is 62.0 Å². The number of aliphatic hydroxyl groups is 1. The van der Waals surface area contributed by atoms with Gasteiger partial charge in [0.05, 0.1) is 17.5 Å². The first kappa shape index (κ1) is 29.9. The van der Waals surface area contributed by atoms with E-state index in [-0.39, 0.29) is 18.4 Å². The zero-order valence-electron chi connectivity index (χ0n) is 25.0. The van der Waals surface area contributed by atoms with Gasteiger partial charge in [-0.1, -0.05) is 48.5 Å². The first-order chi connectivity index (χ1) is 21.1. The normalized spacial score (nSPS) is 22.9. The molecule has 0 unspecified atom stereocenters. The lowest BCUT2D eigenvalue weighted by Crippen LogP contribution is -2.44. The molecule has 228 valence electrons. The minimum Gasteiger partial charge on any atom is -0.396 e. The lowest BCUT2D eigenvalue weighted by Gasteiger charge is -2.31. The molecule has 2 N–H and O–H groups in total. The van der Waals surface area contributed by atoms with Gasteiger partial charge in [0.1, 0.15) is 0 Å². The number of para-hydroxylation sites is 1. The fourth-order valence-corrected chi connectivity index (χ4v) is 9.43. The number of hydrogen-bond donors (Lipinski definition) is 2. The van der Waals surface area contributed by atoms with Crippen molar-refractivity contribution in [2.45, 2.75) is 56.7 Å². The Bertz CT molecular complexity index is 1660. The molecular weight excluding hydrogens is 577 g/mol. The zero-order valence-corrected chi connectivity index (χ0v) is 26.0. The summed E-state index contributed by atoms with van der Waals surface area (Å²) in [6.07, 6.45) is 2.04. The minimum atomic E-state index is -3.37. The Morgan fingerprint density at radius 2 is 1.80 bits per heavy atom. The van der Waals surface area contributed by atoms with Crippen molar-refractivity contribution in [1.82, 2.24) is 15.0 Å². The van der Waals surface area contributed by atoms with Gasteiger partial charge in [0.2, 0.25) is 8.41 Å². The van der Waals surface area contributed by atoms with E-state index in [2.05, 4.69) is 15.6 Å². The summed E-state index contributed by atoms with van der Waals surface area (Å²) in [7, 11) is -3.37. The molecule has 0 bridgehead atoms. The molecule has 2 amide bonds. The van der Waals surface area contributed by atoms with Crippen LogP contribution in [0, 0.1) is 5.92 Å². The van der Waals surface area contributed by atoms with Crippen LogP contribution in [0.2, 0.25) is 18.6 Å². The second kappa shape index (κ2) is 11.7. The fourth-order valence-electron chi connectivity index (χ4n) is 6.88. The minimum absolute atomic E-state index is 0.0264. The number of fused-ring (bicyclic) bond motifs is 2. The topological polar surface area (TPSA) is 110 Å². The molecule has 3 aromatic carbocycles. The van der Waals surface area contributed by atoms with Gasteiger partial charge in [-0.15, -0.1) is 5.10 Å². The summed E-state index contributed by atoms with van der Waals surface area (Å²) in [4.78, 5) is 29.4. The van der Waals surface area contributed by atoms with Gasteiger partial charge in [-0.25, -0.2) is 0 Å². The van der Waals surface area contributed by atoms with E-state index in [4.69, 9.17) is 4.74 Å². The van der Waals surface area contributed by atoms with Crippen LogP contribution in [0.5, 0.6) is 0 Å². The number of carbonyl (C=O) groups is 2. The summed E-state index contributed by atoms with van der Waals surface area (Å²) in [5.74, 6) is -1.03. The van der Waals surface area contributed by atoms with Crippen LogP contribution in [0.3, 0.4) is 0 Å². The first-order valence-corrected chi connectivity index (χ1v) is 17.9. The standard InChI is InChI=1S/C33H36FN5O4Si/c1-22-30(44(2,3)34)29(16-18-38-21-25(17-19-40)36-37-38)43-33(22)27-20-24(35-31(41)23-10-6-4-7-11-23)14-15-28(27)39(32(33)42)26-12-8-5-9-13-26/h4-15,20-22,29-30,40H,16-19H2,1-3H3,(H,35,41)/t22-,29+,30-,33+/m0/s1. The Labute approximate surface area is 256 Å². The van der Waals surface area contributed by atoms with E-state index in [1.54, 1.807) is 65.3 Å². The van der Waals surface area contributed by atoms with E-state index < -0.39 is 31.6 Å². The van der Waals surface area contributed by atoms with Gasteiger partial charge in [0, 0.05) is 59.7 Å². The van der Waals surface area contributed by atoms with Crippen molar-refractivity contribution in [2.24, 2.45) is 5.92 Å². The zero-order chi connectivity index (χ0) is 31.1. The van der Waals surface area contributed by atoms with Gasteiger partial charge in [0.15, 0.2) is 5.60 Å². The number of amides is 2. The van der Waals surface area contributed by atoms with Crippen molar-refractivity contribution < 1.29 is 23.5 Å². The second-order valence-corrected chi connectivity index (χ2v) is 15.8. The van der Waals surface area contributed by atoms with Gasteiger partial charge >= 0.3 is 0 Å². The molecule has 0 radical (unpaired) electrons. The summed E-state index contributed by atoms with van der Waals surface area (Å²) in [5, 5.41) is 20.5. The SMILES string of the molecule is C[C@H]1[C@H]([Si](C)(C)F)[C@@H](CCn2cc(CCO)nn2)O[C@]12C(=O)N(c1ccccc1)c1ccc(NC(=O)c3ccccc3)cc12. The monoisotopic (exact) mass is 613 g/mol. The third-order valence-corrected chi connectivity index (χ3v) is 11.2. The van der Waals surface area contributed by atoms with Crippen LogP contribution in [0.15, 0.2) is 85.1 Å². The molecule has 2 aliphatic heterocycles. The maximum absolute atomic E-state index is 16.2. The summed E-state index contributed by atoms with van der Waals surface area (Å²) >= 11 is 0. The largest absolute Gasteiger partial charge is 0.396 e. The first-order valence-electron chi connectivity index (χ1n) is 14.9. The van der Waals surface area contributed by atoms with Crippen LogP contribution in [0.1, 0.15) is 35.0 Å². The highest BCUT2D eigenvalue weighted by atomic mass is 28.4. The van der Waals surface area contributed by atoms with Crippen LogP contribution < -0.4 is 10.2 Å². The van der Waals surface area contributed by atoms with E-state index in [9.17, 15) is 14.7 Å². The quantitative estimate of drug-likeness (QED) is 0.188. The summed E-state index contributed by atoms with van der Waals surface area (Å²) in [5.41, 5.74) is 1.71. The number of halogens is 1. The molecule has 11 heteroatoms. The number of ether oxygens (including phenoxy) is 1. The smallest absolute Gasteiger partial charge is 0.268 e. The van der Waals surface area contributed by atoms with Crippen LogP contribution in [-0.2, 0) is 28.1 Å². The van der Waals surface area contributed by atoms with Gasteiger partial charge in [-0.3, -0.25) is 19.2 Å². The van der Waals surface area contributed by atoms with Crippen molar-refractivity contribution in [3.05, 3.63) is 102 Å². The average Bonchev–Trinajstić information content (AvgIpc) is 3.66. The molecule has 9 nitrogen and oxygen atoms in total. The molecule has 1 spiro atoms. The number of nitrogens with zero attached hydrogens (tertiary/aromatic N) is 4. The lowest BCUT2D eigenvalue weighted by atomic mass is 9.82. The van der Waals surface area contributed by atoms with Crippen molar-refractivity contribution in [2.75, 3.05) is 16.8 Å². The Morgan fingerprint density at radius 1 is 1.09 bits per heavy atom. The van der Waals surface area contributed by atoms with Crippen molar-refractivity contribution >= 4 is 37.3 Å². The van der Waals surface area contributed by atoms with E-state index in [0.717, 1.165) is 0 Å². The van der Waals surface area contributed by atoms with Crippen LogP contribution in [0.25, 0.3) is 0 Å². The second-order valence-electron chi connectivity index (χ2n) is 12.0. The molecule has 1 aromatic heterocycles. The highest BCUT2D eigenvalue weighted by Crippen LogP contribution is 2.61. The number of aliphatic hydroxyl groups excluding tert-OH is 1. The molecular formula is C33H36FN5O4Si. The molecule has 0 saturated carbocycles. The van der Waals surface area contributed by atoms with Crippen LogP contribution in [-0.4, -0.2) is 53.0 Å². The fraction of sp³-hybridized carbons (Fsp3) is 0.333. The Kier molecular flexibility index (Phi) is 7.95. The van der Waals surface area contributed by atoms with E-state index in [1.165, 1.54) is 0 Å². The maximum Gasteiger partial charge on any atom is 0.268 e. The highest BCUT2D eigenvalue weighted by Gasteiger charge is 2.67. The number of rotatable bonds is 9. The molecule has 4 atom stereocenters. The number of benzene rings is 3. The molecule has 3 heterocycles. The van der Waals surface area contributed by atoms with Crippen LogP contribution >= 0.6 is 0 Å². The van der Waals surface area contributed by atoms with E-state index in [0.29, 0.717) is 53.3 Å². The molecule has 2 aliphatic rings. The third kappa shape index (κ3) is 5.25. The summed E-state index contributed by atoms with van der Waals surface area (Å²) in [6, 6.07) is 23.7. The van der Waals surface area contributed by atoms with Crippen LogP contribution in [0.4, 0.5) is 21.2 Å². The number of aromatic nitrogens is 3. The van der Waals surface area contributed by atoms with Gasteiger partial charge in [0.25, 0.3) is 11.8 Å². The summed E-state index contributed by atoms with van der Waals surface area (Å²) < 4.78 is 24.8. The molecule has 0 aliphatic carbocycles. The molecule has 1 saturated heterocycles. The predicted octanol–water partition coefficient (Wildman–Crippen LogP) is 5.61. The Hall–Kier alpha value is -4.19. The number of hydrogen-bond acceptors (Lipinski definition) is 6. The Morgan fingerprint density at radius 3 is 2.48 bits per heavy atom. The van der Waals surface area contributed by atoms with Gasteiger partial charge in [-0.2, -0.15) is 0 Å². The van der Waals surface area contributed by atoms with Crippen molar-refractivity contribution in [3.63, 3.8) is 0 Å². The molecule has 6 rings (SSSR count). The number of nitrogens with one attached hydrogen (secondary N) is 1. The van der Waals surface area contributed by atoms with E-state index >= 15 is 4.11 Å². The van der Waals surface area contributed by atoms with E-state index in [1.807, 2.05) is 49.4 Å². The van der Waals surface area contributed by atoms with Gasteiger partial charge < -0.3 is 19.3 Å². The number of carbonyl (C=O) groups excluding carboxylic acids is 2. The highest BCUT2D eigenvalue weighted by molar-refractivity contribution is 6.72. The number of anilines is 3. The lowest BCUT2D eigenvalue weighted by molar-refractivity contribution is -0.145. The van der Waals surface area contributed by atoms with Crippen molar-refractivity contribution in [1.29, 1.82) is 0 Å². The number of aryl methyl sites for hydroxylation is 1.